The van der Waals surface area contributed by atoms with E-state index >= 15 is 0 Å². The van der Waals surface area contributed by atoms with Crippen LogP contribution in [0.3, 0.4) is 0 Å². The minimum absolute atomic E-state index is 0.0506. The topological polar surface area (TPSA) is 79.7 Å². The van der Waals surface area contributed by atoms with E-state index in [1.807, 2.05) is 18.2 Å². The van der Waals surface area contributed by atoms with Gasteiger partial charge in [0, 0.05) is 29.9 Å². The van der Waals surface area contributed by atoms with Gasteiger partial charge >= 0.3 is 0 Å². The zero-order valence-corrected chi connectivity index (χ0v) is 16.6. The van der Waals surface area contributed by atoms with Gasteiger partial charge in [0.05, 0.1) is 18.1 Å². The lowest BCUT2D eigenvalue weighted by Crippen LogP contribution is -2.38. The number of benzene rings is 2. The molecule has 1 fully saturated rings. The maximum atomic E-state index is 10.8. The van der Waals surface area contributed by atoms with Crippen molar-refractivity contribution < 1.29 is 9.66 Å². The molecule has 148 valence electrons. The fourth-order valence-electron chi connectivity index (χ4n) is 3.46. The number of methoxy groups -OCH3 is 1. The van der Waals surface area contributed by atoms with Gasteiger partial charge in [-0.3, -0.25) is 15.0 Å². The largest absolute Gasteiger partial charge is 0.496 e. The first-order valence-corrected chi connectivity index (χ1v) is 9.65. The smallest absolute Gasteiger partial charge is 0.269 e. The molecule has 1 aliphatic rings. The number of nitrogens with one attached hydrogen (secondary N) is 2. The first-order valence-electron chi connectivity index (χ1n) is 9.25. The molecule has 7 nitrogen and oxygen atoms in total. The van der Waals surface area contributed by atoms with Crippen LogP contribution < -0.4 is 15.4 Å². The van der Waals surface area contributed by atoms with Crippen LogP contribution in [0.4, 0.5) is 11.4 Å². The summed E-state index contributed by atoms with van der Waals surface area (Å²) in [5, 5.41) is 17.6. The lowest BCUT2D eigenvalue weighted by atomic mass is 10.0. The summed E-state index contributed by atoms with van der Waals surface area (Å²) in [5.41, 5.74) is 1.89. The van der Waals surface area contributed by atoms with E-state index in [-0.39, 0.29) is 11.7 Å². The summed E-state index contributed by atoms with van der Waals surface area (Å²) in [6, 6.07) is 14.4. The maximum Gasteiger partial charge on any atom is 0.269 e. The summed E-state index contributed by atoms with van der Waals surface area (Å²) in [4.78, 5) is 12.8. The highest BCUT2D eigenvalue weighted by Gasteiger charge is 2.25. The van der Waals surface area contributed by atoms with Crippen LogP contribution in [-0.2, 0) is 0 Å². The zero-order chi connectivity index (χ0) is 19.9. The van der Waals surface area contributed by atoms with Crippen LogP contribution in [0.25, 0.3) is 0 Å². The van der Waals surface area contributed by atoms with Crippen LogP contribution in [0.15, 0.2) is 48.5 Å². The van der Waals surface area contributed by atoms with E-state index in [2.05, 4.69) is 21.6 Å². The predicted molar refractivity (Wildman–Crippen MR) is 114 cm³/mol. The Bertz CT molecular complexity index is 822. The van der Waals surface area contributed by atoms with Gasteiger partial charge in [-0.2, -0.15) is 0 Å². The Morgan fingerprint density at radius 2 is 1.89 bits per heavy atom. The second kappa shape index (κ2) is 9.48. The van der Waals surface area contributed by atoms with Crippen molar-refractivity contribution in [3.05, 3.63) is 64.2 Å². The third-order valence-corrected chi connectivity index (χ3v) is 5.12. The standard InChI is InChI=1S/C20H24N4O3S/c1-27-19-7-3-2-6-17(19)18(23-12-4-5-13-23)14-21-20(28)22-15-8-10-16(11-9-15)24(25)26/h2-3,6-11,18H,4-5,12-14H2,1H3,(H2,21,22,28). The Labute approximate surface area is 169 Å². The van der Waals surface area contributed by atoms with Crippen LogP contribution in [0.2, 0.25) is 0 Å². The lowest BCUT2D eigenvalue weighted by Gasteiger charge is -2.29. The molecule has 2 N–H and O–H groups in total. The van der Waals surface area contributed by atoms with Crippen LogP contribution in [0.5, 0.6) is 5.75 Å². The number of nitro groups is 1. The molecular weight excluding hydrogens is 376 g/mol. The number of hydrogen-bond acceptors (Lipinski definition) is 5. The third-order valence-electron chi connectivity index (χ3n) is 4.87. The molecule has 1 unspecified atom stereocenters. The highest BCUT2D eigenvalue weighted by Crippen LogP contribution is 2.31. The van der Waals surface area contributed by atoms with Crippen LogP contribution in [0, 0.1) is 10.1 Å². The number of nitrogens with zero attached hydrogens (tertiary/aromatic N) is 2. The number of hydrogen-bond donors (Lipinski definition) is 2. The van der Waals surface area contributed by atoms with E-state index in [1.54, 1.807) is 19.2 Å². The van der Waals surface area contributed by atoms with Gasteiger partial charge in [-0.15, -0.1) is 0 Å². The molecule has 2 aromatic carbocycles. The molecule has 0 radical (unpaired) electrons. The molecular formula is C20H24N4O3S. The van der Waals surface area contributed by atoms with Crippen molar-refractivity contribution in [2.45, 2.75) is 18.9 Å². The molecule has 0 saturated carbocycles. The van der Waals surface area contributed by atoms with Gasteiger partial charge < -0.3 is 15.4 Å². The molecule has 0 bridgehead atoms. The van der Waals surface area contributed by atoms with Gasteiger partial charge in [0.1, 0.15) is 5.75 Å². The molecule has 8 heteroatoms. The highest BCUT2D eigenvalue weighted by atomic mass is 32.1. The summed E-state index contributed by atoms with van der Waals surface area (Å²) in [6.07, 6.45) is 2.38. The number of thiocarbonyl (C=S) groups is 1. The number of ether oxygens (including phenoxy) is 1. The molecule has 0 spiro atoms. The van der Waals surface area contributed by atoms with E-state index in [9.17, 15) is 10.1 Å². The fraction of sp³-hybridized carbons (Fsp3) is 0.350. The average molecular weight is 401 g/mol. The maximum absolute atomic E-state index is 10.8. The fourth-order valence-corrected chi connectivity index (χ4v) is 3.66. The Morgan fingerprint density at radius 1 is 1.21 bits per heavy atom. The van der Waals surface area contributed by atoms with Crippen LogP contribution >= 0.6 is 12.2 Å². The molecule has 0 aromatic heterocycles. The van der Waals surface area contributed by atoms with Gasteiger partial charge in [-0.1, -0.05) is 18.2 Å². The zero-order valence-electron chi connectivity index (χ0n) is 15.8. The van der Waals surface area contributed by atoms with E-state index in [0.29, 0.717) is 17.3 Å². The number of para-hydroxylation sites is 1. The van der Waals surface area contributed by atoms with Crippen molar-refractivity contribution in [2.75, 3.05) is 32.1 Å². The molecule has 1 aliphatic heterocycles. The van der Waals surface area contributed by atoms with Crippen molar-refractivity contribution in [3.63, 3.8) is 0 Å². The molecule has 0 aliphatic carbocycles. The number of anilines is 1. The first-order chi connectivity index (χ1) is 13.6. The molecule has 1 saturated heterocycles. The first kappa shape index (κ1) is 20.0. The van der Waals surface area contributed by atoms with E-state index in [0.717, 1.165) is 24.4 Å². The summed E-state index contributed by atoms with van der Waals surface area (Å²) < 4.78 is 5.56. The van der Waals surface area contributed by atoms with Crippen molar-refractivity contribution in [1.29, 1.82) is 0 Å². The van der Waals surface area contributed by atoms with Crippen molar-refractivity contribution in [1.82, 2.24) is 10.2 Å². The van der Waals surface area contributed by atoms with E-state index in [4.69, 9.17) is 17.0 Å². The van der Waals surface area contributed by atoms with Gasteiger partial charge in [0.15, 0.2) is 5.11 Å². The predicted octanol–water partition coefficient (Wildman–Crippen LogP) is 3.73. The quantitative estimate of drug-likeness (QED) is 0.416. The van der Waals surface area contributed by atoms with Gasteiger partial charge in [0.2, 0.25) is 0 Å². The minimum atomic E-state index is -0.422. The molecule has 2 aromatic rings. The lowest BCUT2D eigenvalue weighted by molar-refractivity contribution is -0.384. The molecule has 0 amide bonds. The Hall–Kier alpha value is -2.71. The van der Waals surface area contributed by atoms with Crippen molar-refractivity contribution in [2.24, 2.45) is 0 Å². The SMILES string of the molecule is COc1ccccc1C(CNC(=S)Nc1ccc([N+](=O)[O-])cc1)N1CCCC1. The number of non-ortho nitro benzene ring substituents is 1. The summed E-state index contributed by atoms with van der Waals surface area (Å²) in [5.74, 6) is 0.871. The second-order valence-corrected chi connectivity index (χ2v) is 7.05. The normalized spacial score (nSPS) is 15.0. The summed E-state index contributed by atoms with van der Waals surface area (Å²) >= 11 is 5.42. The van der Waals surface area contributed by atoms with Crippen molar-refractivity contribution in [3.8, 4) is 5.75 Å². The van der Waals surface area contributed by atoms with Crippen LogP contribution in [-0.4, -0.2) is 41.7 Å². The van der Waals surface area contributed by atoms with Gasteiger partial charge in [-0.05, 0) is 56.3 Å². The molecule has 3 rings (SSSR count). The molecule has 1 heterocycles. The highest BCUT2D eigenvalue weighted by molar-refractivity contribution is 7.80. The van der Waals surface area contributed by atoms with E-state index < -0.39 is 4.92 Å². The Kier molecular flexibility index (Phi) is 6.78. The number of nitro benzene ring substituents is 1. The second-order valence-electron chi connectivity index (χ2n) is 6.64. The summed E-state index contributed by atoms with van der Waals surface area (Å²) in [7, 11) is 1.69. The molecule has 28 heavy (non-hydrogen) atoms. The monoisotopic (exact) mass is 400 g/mol. The minimum Gasteiger partial charge on any atom is -0.496 e. The van der Waals surface area contributed by atoms with Crippen molar-refractivity contribution >= 4 is 28.7 Å². The van der Waals surface area contributed by atoms with Gasteiger partial charge in [-0.25, -0.2) is 0 Å². The van der Waals surface area contributed by atoms with Crippen LogP contribution in [0.1, 0.15) is 24.4 Å². The molecule has 1 atom stereocenters. The third kappa shape index (κ3) is 4.96. The number of likely N-dealkylation sites (tertiary alicyclic amines) is 1. The summed E-state index contributed by atoms with van der Waals surface area (Å²) in [6.45, 7) is 2.74. The average Bonchev–Trinajstić information content (AvgIpc) is 3.23. The van der Waals surface area contributed by atoms with Gasteiger partial charge in [0.25, 0.3) is 5.69 Å². The Morgan fingerprint density at radius 3 is 2.54 bits per heavy atom. The number of rotatable bonds is 7. The Balaban J connectivity index is 1.66. The van der Waals surface area contributed by atoms with E-state index in [1.165, 1.54) is 25.0 Å².